The predicted molar refractivity (Wildman–Crippen MR) is 96.3 cm³/mol. The molecule has 3 unspecified atom stereocenters. The maximum absolute atomic E-state index is 5.96. The van der Waals surface area contributed by atoms with E-state index in [1.165, 1.54) is 33.4 Å². The summed E-state index contributed by atoms with van der Waals surface area (Å²) in [4.78, 5) is 0. The Balaban J connectivity index is 2.09. The summed E-state index contributed by atoms with van der Waals surface area (Å²) < 4.78 is 17.9. The first kappa shape index (κ1) is 15.8. The molecule has 0 saturated carbocycles. The monoisotopic (exact) mass is 324 g/mol. The predicted octanol–water partition coefficient (Wildman–Crippen LogP) is 4.48. The van der Waals surface area contributed by atoms with Crippen molar-refractivity contribution in [3.8, 4) is 0 Å². The molecule has 1 aromatic carbocycles. The first-order chi connectivity index (χ1) is 11.4. The molecule has 3 nitrogen and oxygen atoms in total. The summed E-state index contributed by atoms with van der Waals surface area (Å²) in [5.74, 6) is 0. The maximum atomic E-state index is 5.96. The molecule has 0 aromatic heterocycles. The van der Waals surface area contributed by atoms with Gasteiger partial charge in [-0.3, -0.25) is 0 Å². The van der Waals surface area contributed by atoms with E-state index < -0.39 is 0 Å². The number of benzene rings is 1. The molecule has 0 fully saturated rings. The molecule has 126 valence electrons. The van der Waals surface area contributed by atoms with E-state index >= 15 is 0 Å². The van der Waals surface area contributed by atoms with E-state index in [1.807, 2.05) is 0 Å². The molecular weight excluding hydrogens is 300 g/mol. The Labute approximate surface area is 143 Å². The minimum atomic E-state index is 0.0118. The van der Waals surface area contributed by atoms with Crippen molar-refractivity contribution in [2.45, 2.75) is 58.9 Å². The number of hydrogen-bond acceptors (Lipinski definition) is 3. The molecule has 0 saturated heterocycles. The Morgan fingerprint density at radius 3 is 1.08 bits per heavy atom. The fourth-order valence-electron chi connectivity index (χ4n) is 4.05. The highest BCUT2D eigenvalue weighted by atomic mass is 16.5. The summed E-state index contributed by atoms with van der Waals surface area (Å²) in [5, 5.41) is 0. The van der Waals surface area contributed by atoms with Gasteiger partial charge in [0.25, 0.3) is 0 Å². The van der Waals surface area contributed by atoms with Crippen LogP contribution < -0.4 is 0 Å². The minimum absolute atomic E-state index is 0.0118. The summed E-state index contributed by atoms with van der Waals surface area (Å²) in [6.45, 7) is 20.8. The van der Waals surface area contributed by atoms with Gasteiger partial charge in [0.1, 0.15) is 0 Å². The Hall–Kier alpha value is -1.68. The van der Waals surface area contributed by atoms with Crippen molar-refractivity contribution in [3.05, 3.63) is 53.1 Å². The van der Waals surface area contributed by atoms with E-state index in [1.54, 1.807) is 0 Å². The standard InChI is InChI=1S/C21H24O3/c1-10-13(4)22-7-16-19(10)17-8-23-14(5)11(2)21(17)18-9-24-15(6)12(3)20(16)18/h13-15H,1-3,7-9H2,4-6H3. The van der Waals surface area contributed by atoms with Crippen LogP contribution in [0.5, 0.6) is 0 Å². The molecule has 3 aliphatic heterocycles. The molecule has 0 spiro atoms. The van der Waals surface area contributed by atoms with Gasteiger partial charge < -0.3 is 14.2 Å². The lowest BCUT2D eigenvalue weighted by atomic mass is 9.75. The number of ether oxygens (including phenoxy) is 3. The SMILES string of the molecule is C=C1c2c(c3c(c4c2COC(C)C4=C)COC(C)C3=C)COC1C. The molecule has 4 rings (SSSR count). The van der Waals surface area contributed by atoms with E-state index in [2.05, 4.69) is 40.5 Å². The topological polar surface area (TPSA) is 27.7 Å². The summed E-state index contributed by atoms with van der Waals surface area (Å²) in [7, 11) is 0. The van der Waals surface area contributed by atoms with Gasteiger partial charge in [0.15, 0.2) is 0 Å². The van der Waals surface area contributed by atoms with E-state index in [0.29, 0.717) is 19.8 Å². The first-order valence-corrected chi connectivity index (χ1v) is 8.54. The maximum Gasteiger partial charge on any atom is 0.0801 e. The molecule has 3 heterocycles. The fourth-order valence-corrected chi connectivity index (χ4v) is 4.05. The quantitative estimate of drug-likeness (QED) is 0.704. The smallest absolute Gasteiger partial charge is 0.0801 e. The van der Waals surface area contributed by atoms with Crippen molar-refractivity contribution < 1.29 is 14.2 Å². The average Bonchev–Trinajstić information content (AvgIpc) is 2.56. The molecule has 1 aromatic rings. The zero-order valence-electron chi connectivity index (χ0n) is 14.7. The van der Waals surface area contributed by atoms with Crippen LogP contribution in [-0.4, -0.2) is 18.3 Å². The van der Waals surface area contributed by atoms with E-state index in [4.69, 9.17) is 14.2 Å². The molecule has 3 atom stereocenters. The highest BCUT2D eigenvalue weighted by molar-refractivity contribution is 5.89. The molecule has 0 bridgehead atoms. The Morgan fingerprint density at radius 2 is 0.833 bits per heavy atom. The Bertz CT molecular complexity index is 661. The average molecular weight is 324 g/mol. The molecular formula is C21H24O3. The van der Waals surface area contributed by atoms with Gasteiger partial charge in [0.2, 0.25) is 0 Å². The van der Waals surface area contributed by atoms with Crippen LogP contribution in [0.4, 0.5) is 0 Å². The molecule has 3 aliphatic rings. The summed E-state index contributed by atoms with van der Waals surface area (Å²) >= 11 is 0. The van der Waals surface area contributed by atoms with Gasteiger partial charge >= 0.3 is 0 Å². The number of fused-ring (bicyclic) bond motifs is 6. The van der Waals surface area contributed by atoms with Crippen LogP contribution >= 0.6 is 0 Å². The second-order valence-corrected chi connectivity index (χ2v) is 7.00. The lowest BCUT2D eigenvalue weighted by Crippen LogP contribution is -2.30. The molecule has 24 heavy (non-hydrogen) atoms. The second kappa shape index (κ2) is 5.41. The Kier molecular flexibility index (Phi) is 3.57. The van der Waals surface area contributed by atoms with Crippen LogP contribution in [0, 0.1) is 0 Å². The highest BCUT2D eigenvalue weighted by Crippen LogP contribution is 2.47. The largest absolute Gasteiger partial charge is 0.369 e. The van der Waals surface area contributed by atoms with Crippen LogP contribution in [0.25, 0.3) is 16.7 Å². The van der Waals surface area contributed by atoms with Gasteiger partial charge in [-0.1, -0.05) is 19.7 Å². The highest BCUT2D eigenvalue weighted by Gasteiger charge is 2.36. The number of rotatable bonds is 0. The van der Waals surface area contributed by atoms with E-state index in [-0.39, 0.29) is 18.3 Å². The zero-order valence-corrected chi connectivity index (χ0v) is 14.7. The molecule has 0 N–H and O–H groups in total. The van der Waals surface area contributed by atoms with Crippen LogP contribution in [0.2, 0.25) is 0 Å². The number of hydrogen-bond donors (Lipinski definition) is 0. The zero-order chi connectivity index (χ0) is 17.2. The summed E-state index contributed by atoms with van der Waals surface area (Å²) in [5.41, 5.74) is 10.2. The van der Waals surface area contributed by atoms with Crippen LogP contribution in [0.3, 0.4) is 0 Å². The minimum Gasteiger partial charge on any atom is -0.369 e. The van der Waals surface area contributed by atoms with Gasteiger partial charge in [-0.25, -0.2) is 0 Å². The Morgan fingerprint density at radius 1 is 0.583 bits per heavy atom. The fraction of sp³-hybridized carbons (Fsp3) is 0.429. The van der Waals surface area contributed by atoms with Crippen molar-refractivity contribution in [3.63, 3.8) is 0 Å². The van der Waals surface area contributed by atoms with Crippen molar-refractivity contribution in [1.29, 1.82) is 0 Å². The van der Waals surface area contributed by atoms with Crippen molar-refractivity contribution in [2.24, 2.45) is 0 Å². The van der Waals surface area contributed by atoms with Gasteiger partial charge in [0.05, 0.1) is 38.1 Å². The second-order valence-electron chi connectivity index (χ2n) is 7.00. The van der Waals surface area contributed by atoms with Crippen LogP contribution in [-0.2, 0) is 34.0 Å². The first-order valence-electron chi connectivity index (χ1n) is 8.54. The van der Waals surface area contributed by atoms with Crippen LogP contribution in [0.15, 0.2) is 19.7 Å². The van der Waals surface area contributed by atoms with Crippen molar-refractivity contribution in [2.75, 3.05) is 0 Å². The summed E-state index contributed by atoms with van der Waals surface area (Å²) in [6.07, 6.45) is 0.0355. The van der Waals surface area contributed by atoms with Gasteiger partial charge in [-0.15, -0.1) is 0 Å². The van der Waals surface area contributed by atoms with Crippen molar-refractivity contribution >= 4 is 16.7 Å². The lowest BCUT2D eigenvalue weighted by molar-refractivity contribution is 0.0674. The summed E-state index contributed by atoms with van der Waals surface area (Å²) in [6, 6.07) is 0. The molecule has 0 amide bonds. The normalized spacial score (nSPS) is 29.1. The van der Waals surface area contributed by atoms with Crippen molar-refractivity contribution in [1.82, 2.24) is 0 Å². The van der Waals surface area contributed by atoms with Gasteiger partial charge in [-0.2, -0.15) is 0 Å². The van der Waals surface area contributed by atoms with Gasteiger partial charge in [-0.05, 0) is 70.9 Å². The third-order valence-corrected chi connectivity index (χ3v) is 5.68. The molecule has 3 heteroatoms. The van der Waals surface area contributed by atoms with E-state index in [0.717, 1.165) is 16.7 Å². The van der Waals surface area contributed by atoms with Gasteiger partial charge in [0, 0.05) is 0 Å². The molecule has 0 aliphatic carbocycles. The third kappa shape index (κ3) is 2.02. The third-order valence-electron chi connectivity index (χ3n) is 5.68. The van der Waals surface area contributed by atoms with E-state index in [9.17, 15) is 0 Å². The molecule has 0 radical (unpaired) electrons. The van der Waals surface area contributed by atoms with Crippen LogP contribution in [0.1, 0.15) is 54.2 Å². The lowest BCUT2D eigenvalue weighted by Gasteiger charge is -2.39.